The van der Waals surface area contributed by atoms with Gasteiger partial charge in [-0.3, -0.25) is 15.5 Å². The third-order valence-electron chi connectivity index (χ3n) is 3.19. The molecule has 2 N–H and O–H groups in total. The molecule has 0 unspecified atom stereocenters. The lowest BCUT2D eigenvalue weighted by atomic mass is 10.1. The third kappa shape index (κ3) is 3.29. The van der Waals surface area contributed by atoms with Crippen molar-refractivity contribution in [3.05, 3.63) is 45.8 Å². The van der Waals surface area contributed by atoms with Crippen LogP contribution in [0, 0.1) is 24.0 Å². The number of anilines is 3. The van der Waals surface area contributed by atoms with E-state index in [1.54, 1.807) is 19.1 Å². The van der Waals surface area contributed by atoms with Crippen LogP contribution >= 0.6 is 0 Å². The number of hydrazine groups is 1. The highest BCUT2D eigenvalue weighted by atomic mass is 16.6. The van der Waals surface area contributed by atoms with Crippen molar-refractivity contribution in [2.24, 2.45) is 0 Å². The number of nitro groups is 1. The molecule has 0 saturated heterocycles. The largest absolute Gasteiger partial charge is 0.354 e. The minimum Gasteiger partial charge on any atom is -0.334 e. The summed E-state index contributed by atoms with van der Waals surface area (Å²) < 4.78 is 0. The highest BCUT2D eigenvalue weighted by Crippen LogP contribution is 2.32. The molecule has 0 fully saturated rings. The SMILES string of the molecule is Cc1cccc(Nc2ncnc(NN(C)C)c2[N+](=O)[O-])c1C. The lowest BCUT2D eigenvalue weighted by molar-refractivity contribution is -0.383. The average Bonchev–Trinajstić information content (AvgIpc) is 2.43. The number of hydrogen-bond acceptors (Lipinski definition) is 7. The molecule has 0 aliphatic carbocycles. The summed E-state index contributed by atoms with van der Waals surface area (Å²) >= 11 is 0. The van der Waals surface area contributed by atoms with Crippen molar-refractivity contribution >= 4 is 23.0 Å². The Morgan fingerprint density at radius 3 is 2.50 bits per heavy atom. The van der Waals surface area contributed by atoms with E-state index < -0.39 is 4.92 Å². The fourth-order valence-corrected chi connectivity index (χ4v) is 1.95. The molecule has 2 aromatic rings. The fourth-order valence-electron chi connectivity index (χ4n) is 1.95. The minimum atomic E-state index is -0.501. The topological polar surface area (TPSA) is 96.2 Å². The fraction of sp³-hybridized carbons (Fsp3) is 0.286. The van der Waals surface area contributed by atoms with Gasteiger partial charge >= 0.3 is 5.69 Å². The molecule has 0 radical (unpaired) electrons. The molecular formula is C14H18N6O2. The number of rotatable bonds is 5. The molecule has 8 nitrogen and oxygen atoms in total. The molecule has 0 spiro atoms. The number of aryl methyl sites for hydroxylation is 1. The van der Waals surface area contributed by atoms with Crippen molar-refractivity contribution in [3.8, 4) is 0 Å². The average molecular weight is 302 g/mol. The quantitative estimate of drug-likeness (QED) is 0.647. The van der Waals surface area contributed by atoms with Crippen molar-refractivity contribution in [2.75, 3.05) is 24.8 Å². The molecule has 1 heterocycles. The molecule has 0 aliphatic rings. The van der Waals surface area contributed by atoms with Crippen molar-refractivity contribution in [1.29, 1.82) is 0 Å². The normalized spacial score (nSPS) is 10.6. The summed E-state index contributed by atoms with van der Waals surface area (Å²) in [7, 11) is 3.45. The standard InChI is InChI=1S/C14H18N6O2/c1-9-6-5-7-11(10(9)2)17-13-12(20(21)22)14(16-8-15-13)18-19(3)4/h5-8H,1-4H3,(H2,15,16,17,18). The molecule has 0 atom stereocenters. The molecule has 0 amide bonds. The first kappa shape index (κ1) is 15.6. The molecule has 1 aromatic carbocycles. The number of hydrogen-bond donors (Lipinski definition) is 2. The second-order valence-electron chi connectivity index (χ2n) is 5.06. The molecule has 116 valence electrons. The number of aromatic nitrogens is 2. The summed E-state index contributed by atoms with van der Waals surface area (Å²) in [4.78, 5) is 18.8. The Bertz CT molecular complexity index is 702. The van der Waals surface area contributed by atoms with Crippen molar-refractivity contribution < 1.29 is 4.92 Å². The summed E-state index contributed by atoms with van der Waals surface area (Å²) in [6.07, 6.45) is 1.28. The molecule has 0 bridgehead atoms. The Hall–Kier alpha value is -2.74. The molecule has 1 aromatic heterocycles. The lowest BCUT2D eigenvalue weighted by Crippen LogP contribution is -2.21. The Morgan fingerprint density at radius 1 is 1.18 bits per heavy atom. The van der Waals surface area contributed by atoms with Crippen LogP contribution < -0.4 is 10.7 Å². The maximum absolute atomic E-state index is 11.4. The Labute approximate surface area is 128 Å². The monoisotopic (exact) mass is 302 g/mol. The first-order valence-corrected chi connectivity index (χ1v) is 6.66. The summed E-state index contributed by atoms with van der Waals surface area (Å²) in [6, 6.07) is 5.72. The van der Waals surface area contributed by atoms with E-state index >= 15 is 0 Å². The van der Waals surface area contributed by atoms with Crippen LogP contribution in [0.25, 0.3) is 0 Å². The van der Waals surface area contributed by atoms with Gasteiger partial charge in [0.2, 0.25) is 11.6 Å². The Morgan fingerprint density at radius 2 is 1.86 bits per heavy atom. The van der Waals surface area contributed by atoms with Gasteiger partial charge in [-0.1, -0.05) is 12.1 Å². The van der Waals surface area contributed by atoms with Gasteiger partial charge in [-0.2, -0.15) is 0 Å². The second kappa shape index (κ2) is 6.35. The van der Waals surface area contributed by atoms with Crippen LogP contribution in [0.2, 0.25) is 0 Å². The number of nitrogens with one attached hydrogen (secondary N) is 2. The van der Waals surface area contributed by atoms with Crippen molar-refractivity contribution in [2.45, 2.75) is 13.8 Å². The predicted octanol–water partition coefficient (Wildman–Crippen LogP) is 2.63. The zero-order valence-electron chi connectivity index (χ0n) is 12.9. The first-order valence-electron chi connectivity index (χ1n) is 6.66. The van der Waals surface area contributed by atoms with Gasteiger partial charge in [0.25, 0.3) is 0 Å². The minimum absolute atomic E-state index is 0.137. The first-order chi connectivity index (χ1) is 10.4. The second-order valence-corrected chi connectivity index (χ2v) is 5.06. The molecule has 22 heavy (non-hydrogen) atoms. The Balaban J connectivity index is 2.46. The van der Waals surface area contributed by atoms with Crippen LogP contribution in [0.1, 0.15) is 11.1 Å². The summed E-state index contributed by atoms with van der Waals surface area (Å²) in [5.74, 6) is 0.288. The van der Waals surface area contributed by atoms with Gasteiger partial charge in [0.05, 0.1) is 4.92 Å². The van der Waals surface area contributed by atoms with Crippen LogP contribution in [0.3, 0.4) is 0 Å². The highest BCUT2D eigenvalue weighted by Gasteiger charge is 2.23. The smallest absolute Gasteiger partial charge is 0.334 e. The zero-order valence-corrected chi connectivity index (χ0v) is 12.9. The third-order valence-corrected chi connectivity index (χ3v) is 3.19. The maximum atomic E-state index is 11.4. The predicted molar refractivity (Wildman–Crippen MR) is 85.2 cm³/mol. The van der Waals surface area contributed by atoms with Gasteiger partial charge in [-0.25, -0.2) is 15.0 Å². The van der Waals surface area contributed by atoms with E-state index in [0.717, 1.165) is 16.8 Å². The summed E-state index contributed by atoms with van der Waals surface area (Å²) in [6.45, 7) is 3.93. The highest BCUT2D eigenvalue weighted by molar-refractivity contribution is 5.74. The number of nitrogens with zero attached hydrogens (tertiary/aromatic N) is 4. The molecule has 2 rings (SSSR count). The van der Waals surface area contributed by atoms with E-state index in [9.17, 15) is 10.1 Å². The van der Waals surface area contributed by atoms with E-state index in [-0.39, 0.29) is 17.3 Å². The summed E-state index contributed by atoms with van der Waals surface area (Å²) in [5, 5.41) is 16.0. The Kier molecular flexibility index (Phi) is 4.52. The van der Waals surface area contributed by atoms with Crippen LogP contribution in [0.15, 0.2) is 24.5 Å². The molecule has 0 aliphatic heterocycles. The van der Waals surface area contributed by atoms with Crippen LogP contribution in [-0.2, 0) is 0 Å². The van der Waals surface area contributed by atoms with Gasteiger partial charge in [-0.05, 0) is 31.0 Å². The maximum Gasteiger partial charge on any atom is 0.354 e. The van der Waals surface area contributed by atoms with Crippen LogP contribution in [-0.4, -0.2) is 34.0 Å². The van der Waals surface area contributed by atoms with Gasteiger partial charge in [0.15, 0.2) is 0 Å². The van der Waals surface area contributed by atoms with E-state index in [1.165, 1.54) is 6.33 Å². The molecule has 8 heteroatoms. The van der Waals surface area contributed by atoms with Crippen molar-refractivity contribution in [1.82, 2.24) is 15.0 Å². The van der Waals surface area contributed by atoms with Gasteiger partial charge in [0.1, 0.15) is 6.33 Å². The van der Waals surface area contributed by atoms with Crippen LogP contribution in [0.5, 0.6) is 0 Å². The van der Waals surface area contributed by atoms with Crippen LogP contribution in [0.4, 0.5) is 23.0 Å². The zero-order chi connectivity index (χ0) is 16.3. The summed E-state index contributed by atoms with van der Waals surface area (Å²) in [5.41, 5.74) is 5.49. The van der Waals surface area contributed by atoms with Gasteiger partial charge in [0, 0.05) is 19.8 Å². The van der Waals surface area contributed by atoms with Gasteiger partial charge < -0.3 is 5.32 Å². The molecule has 0 saturated carbocycles. The lowest BCUT2D eigenvalue weighted by Gasteiger charge is -2.15. The number of benzene rings is 1. The van der Waals surface area contributed by atoms with Gasteiger partial charge in [-0.15, -0.1) is 0 Å². The van der Waals surface area contributed by atoms with E-state index in [2.05, 4.69) is 20.7 Å². The van der Waals surface area contributed by atoms with E-state index in [0.29, 0.717) is 0 Å². The molecular weight excluding hydrogens is 284 g/mol. The van der Waals surface area contributed by atoms with E-state index in [4.69, 9.17) is 0 Å². The van der Waals surface area contributed by atoms with E-state index in [1.807, 2.05) is 32.0 Å². The van der Waals surface area contributed by atoms with Crippen molar-refractivity contribution in [3.63, 3.8) is 0 Å².